The minimum Gasteiger partial charge on any atom is -0.342 e. The Morgan fingerprint density at radius 1 is 0.767 bits per heavy atom. The number of nitrogens with zero attached hydrogens (tertiary/aromatic N) is 4. The van der Waals surface area contributed by atoms with Gasteiger partial charge in [-0.2, -0.15) is 0 Å². The number of anilines is 1. The molecule has 0 unspecified atom stereocenters. The van der Waals surface area contributed by atoms with Crippen LogP contribution in [0.3, 0.4) is 0 Å². The van der Waals surface area contributed by atoms with E-state index in [2.05, 4.69) is 4.90 Å². The number of piperidine rings is 1. The van der Waals surface area contributed by atoms with Crippen molar-refractivity contribution in [2.24, 2.45) is 0 Å². The minimum absolute atomic E-state index is 0.0483. The molecule has 8 nitrogen and oxygen atoms in total. The van der Waals surface area contributed by atoms with Gasteiger partial charge in [0.1, 0.15) is 0 Å². The van der Waals surface area contributed by atoms with E-state index >= 15 is 0 Å². The molecule has 0 saturated carbocycles. The van der Waals surface area contributed by atoms with Crippen LogP contribution < -0.4 is 4.31 Å². The van der Waals surface area contributed by atoms with Crippen molar-refractivity contribution in [1.29, 1.82) is 0 Å². The van der Waals surface area contributed by atoms with Crippen molar-refractivity contribution in [1.82, 2.24) is 14.7 Å². The van der Waals surface area contributed by atoms with Gasteiger partial charge in [-0.15, -0.1) is 0 Å². The zero-order chi connectivity index (χ0) is 21.1. The number of carbonyl (C=O) groups is 2. The summed E-state index contributed by atoms with van der Waals surface area (Å²) in [5.74, 6) is 0.327. The van der Waals surface area contributed by atoms with Gasteiger partial charge in [0, 0.05) is 51.4 Å². The molecule has 0 atom stereocenters. The molecule has 1 aromatic carbocycles. The van der Waals surface area contributed by atoms with E-state index in [0.717, 1.165) is 25.9 Å². The number of hydrogen-bond donors (Lipinski definition) is 0. The molecule has 3 fully saturated rings. The minimum atomic E-state index is -3.22. The number of rotatable bonds is 4. The summed E-state index contributed by atoms with van der Waals surface area (Å²) in [7, 11) is -3.22. The lowest BCUT2D eigenvalue weighted by molar-refractivity contribution is -0.133. The molecule has 4 rings (SSSR count). The molecule has 3 aliphatic heterocycles. The van der Waals surface area contributed by atoms with Gasteiger partial charge in [-0.1, -0.05) is 0 Å². The third-order valence-corrected chi connectivity index (χ3v) is 8.10. The Morgan fingerprint density at radius 2 is 1.43 bits per heavy atom. The number of amides is 2. The monoisotopic (exact) mass is 434 g/mol. The van der Waals surface area contributed by atoms with Crippen molar-refractivity contribution >= 4 is 27.5 Å². The van der Waals surface area contributed by atoms with E-state index in [1.54, 1.807) is 24.3 Å². The summed E-state index contributed by atoms with van der Waals surface area (Å²) in [4.78, 5) is 31.2. The Morgan fingerprint density at radius 3 is 2.03 bits per heavy atom. The summed E-state index contributed by atoms with van der Waals surface area (Å²) < 4.78 is 25.5. The van der Waals surface area contributed by atoms with Crippen LogP contribution in [-0.2, 0) is 14.8 Å². The van der Waals surface area contributed by atoms with Crippen LogP contribution in [0.2, 0.25) is 0 Å². The van der Waals surface area contributed by atoms with E-state index in [4.69, 9.17) is 0 Å². The van der Waals surface area contributed by atoms with E-state index in [0.29, 0.717) is 56.9 Å². The Labute approximate surface area is 178 Å². The molecule has 0 radical (unpaired) electrons. The second kappa shape index (κ2) is 8.93. The highest BCUT2D eigenvalue weighted by Gasteiger charge is 2.29. The maximum atomic E-state index is 12.8. The van der Waals surface area contributed by atoms with E-state index in [1.807, 2.05) is 9.80 Å². The van der Waals surface area contributed by atoms with Gasteiger partial charge in [0.25, 0.3) is 5.91 Å². The summed E-state index contributed by atoms with van der Waals surface area (Å²) in [6.07, 6.45) is 4.03. The molecule has 9 heteroatoms. The molecule has 1 aromatic rings. The standard InChI is InChI=1S/C21H30N4O4S/c26-20(23-9-2-1-3-10-23)17-22-12-14-24(15-13-22)21(27)18-5-7-19(8-6-18)25-11-4-16-30(25,28)29/h5-8H,1-4,9-17H2. The first kappa shape index (κ1) is 21.1. The molecule has 3 aliphatic rings. The Balaban J connectivity index is 1.29. The molecule has 164 valence electrons. The van der Waals surface area contributed by atoms with Crippen LogP contribution in [-0.4, -0.2) is 93.0 Å². The smallest absolute Gasteiger partial charge is 0.253 e. The maximum absolute atomic E-state index is 12.8. The Kier molecular flexibility index (Phi) is 6.29. The van der Waals surface area contributed by atoms with Crippen molar-refractivity contribution in [3.05, 3.63) is 29.8 Å². The molecule has 0 aliphatic carbocycles. The van der Waals surface area contributed by atoms with Gasteiger partial charge in [-0.05, 0) is 49.9 Å². The summed E-state index contributed by atoms with van der Waals surface area (Å²) in [5.41, 5.74) is 1.18. The molecular weight excluding hydrogens is 404 g/mol. The van der Waals surface area contributed by atoms with Crippen LogP contribution in [0.4, 0.5) is 5.69 Å². The molecule has 30 heavy (non-hydrogen) atoms. The number of carbonyl (C=O) groups excluding carboxylic acids is 2. The molecule has 0 spiro atoms. The maximum Gasteiger partial charge on any atom is 0.253 e. The second-order valence-corrected chi connectivity index (χ2v) is 10.3. The summed E-state index contributed by atoms with van der Waals surface area (Å²) in [6, 6.07) is 6.84. The first-order chi connectivity index (χ1) is 14.4. The Bertz CT molecular complexity index is 873. The fraction of sp³-hybridized carbons (Fsp3) is 0.619. The lowest BCUT2D eigenvalue weighted by Crippen LogP contribution is -2.52. The molecular formula is C21H30N4O4S. The molecule has 0 aromatic heterocycles. The van der Waals surface area contributed by atoms with E-state index < -0.39 is 10.0 Å². The second-order valence-electron chi connectivity index (χ2n) is 8.30. The normalized spacial score (nSPS) is 22.3. The molecule has 0 bridgehead atoms. The van der Waals surface area contributed by atoms with E-state index in [1.165, 1.54) is 10.7 Å². The highest BCUT2D eigenvalue weighted by molar-refractivity contribution is 7.93. The predicted molar refractivity (Wildman–Crippen MR) is 115 cm³/mol. The fourth-order valence-corrected chi connectivity index (χ4v) is 5.99. The van der Waals surface area contributed by atoms with E-state index in [-0.39, 0.29) is 17.6 Å². The third-order valence-electron chi connectivity index (χ3n) is 6.23. The lowest BCUT2D eigenvalue weighted by atomic mass is 10.1. The number of likely N-dealkylation sites (tertiary alicyclic amines) is 1. The number of benzene rings is 1. The Hall–Kier alpha value is -2.13. The average Bonchev–Trinajstić information content (AvgIpc) is 3.13. The van der Waals surface area contributed by atoms with Crippen LogP contribution in [0.1, 0.15) is 36.0 Å². The highest BCUT2D eigenvalue weighted by Crippen LogP contribution is 2.24. The summed E-state index contributed by atoms with van der Waals surface area (Å²) >= 11 is 0. The average molecular weight is 435 g/mol. The number of sulfonamides is 1. The predicted octanol–water partition coefficient (Wildman–Crippen LogP) is 0.997. The zero-order valence-electron chi connectivity index (χ0n) is 17.3. The first-order valence-electron chi connectivity index (χ1n) is 10.8. The van der Waals surface area contributed by atoms with Crippen LogP contribution in [0, 0.1) is 0 Å². The molecule has 2 amide bonds. The summed E-state index contributed by atoms with van der Waals surface area (Å²) in [5, 5.41) is 0. The number of piperazine rings is 1. The molecule has 3 saturated heterocycles. The van der Waals surface area contributed by atoms with Gasteiger partial charge in [0.15, 0.2) is 0 Å². The van der Waals surface area contributed by atoms with Gasteiger partial charge < -0.3 is 9.80 Å². The van der Waals surface area contributed by atoms with E-state index in [9.17, 15) is 18.0 Å². The zero-order valence-corrected chi connectivity index (χ0v) is 18.1. The van der Waals surface area contributed by atoms with Gasteiger partial charge in [0.05, 0.1) is 18.0 Å². The largest absolute Gasteiger partial charge is 0.342 e. The first-order valence-corrected chi connectivity index (χ1v) is 12.4. The number of hydrogen-bond acceptors (Lipinski definition) is 5. The van der Waals surface area contributed by atoms with Crippen molar-refractivity contribution in [2.45, 2.75) is 25.7 Å². The van der Waals surface area contributed by atoms with Crippen molar-refractivity contribution in [3.8, 4) is 0 Å². The van der Waals surface area contributed by atoms with Gasteiger partial charge in [0.2, 0.25) is 15.9 Å². The van der Waals surface area contributed by atoms with Crippen LogP contribution in [0.25, 0.3) is 0 Å². The lowest BCUT2D eigenvalue weighted by Gasteiger charge is -2.36. The fourth-order valence-electron chi connectivity index (χ4n) is 4.43. The van der Waals surface area contributed by atoms with Gasteiger partial charge >= 0.3 is 0 Å². The van der Waals surface area contributed by atoms with Crippen molar-refractivity contribution in [3.63, 3.8) is 0 Å². The van der Waals surface area contributed by atoms with Crippen LogP contribution in [0.15, 0.2) is 24.3 Å². The highest BCUT2D eigenvalue weighted by atomic mass is 32.2. The van der Waals surface area contributed by atoms with Gasteiger partial charge in [-0.3, -0.25) is 18.8 Å². The third kappa shape index (κ3) is 4.62. The van der Waals surface area contributed by atoms with Crippen molar-refractivity contribution < 1.29 is 18.0 Å². The molecule has 3 heterocycles. The van der Waals surface area contributed by atoms with Crippen molar-refractivity contribution in [2.75, 3.05) is 62.4 Å². The molecule has 0 N–H and O–H groups in total. The van der Waals surface area contributed by atoms with Crippen LogP contribution >= 0.6 is 0 Å². The SMILES string of the molecule is O=C(CN1CCN(C(=O)c2ccc(N3CCCS3(=O)=O)cc2)CC1)N1CCCCC1. The summed E-state index contributed by atoms with van der Waals surface area (Å²) in [6.45, 7) is 5.22. The quantitative estimate of drug-likeness (QED) is 0.706. The van der Waals surface area contributed by atoms with Crippen LogP contribution in [0.5, 0.6) is 0 Å². The topological polar surface area (TPSA) is 81.2 Å². The van der Waals surface area contributed by atoms with Gasteiger partial charge in [-0.25, -0.2) is 8.42 Å².